The van der Waals surface area contributed by atoms with Crippen LogP contribution in [0.2, 0.25) is 0 Å². The fourth-order valence-electron chi connectivity index (χ4n) is 3.18. The Labute approximate surface area is 149 Å². The van der Waals surface area contributed by atoms with Crippen LogP contribution in [0.3, 0.4) is 0 Å². The third-order valence-corrected chi connectivity index (χ3v) is 4.39. The summed E-state index contributed by atoms with van der Waals surface area (Å²) in [5.41, 5.74) is 2.65. The third-order valence-electron chi connectivity index (χ3n) is 4.39. The predicted octanol–water partition coefficient (Wildman–Crippen LogP) is 3.54. The van der Waals surface area contributed by atoms with Crippen molar-refractivity contribution in [3.8, 4) is 0 Å². The van der Waals surface area contributed by atoms with E-state index in [-0.39, 0.29) is 17.6 Å². The molecule has 2 amide bonds. The molecule has 0 bridgehead atoms. The van der Waals surface area contributed by atoms with Crippen molar-refractivity contribution in [1.29, 1.82) is 0 Å². The van der Waals surface area contributed by atoms with Crippen LogP contribution in [0, 0.1) is 5.82 Å². The Morgan fingerprint density at radius 1 is 1.12 bits per heavy atom. The van der Waals surface area contributed by atoms with E-state index in [0.717, 1.165) is 10.9 Å². The van der Waals surface area contributed by atoms with Crippen LogP contribution in [-0.4, -0.2) is 23.3 Å². The minimum atomic E-state index is -0.352. The molecule has 1 aliphatic heterocycles. The fourth-order valence-corrected chi connectivity index (χ4v) is 3.18. The minimum absolute atomic E-state index is 0.165. The number of halogens is 1. The van der Waals surface area contributed by atoms with Crippen LogP contribution in [0.15, 0.2) is 48.5 Å². The molecule has 0 unspecified atom stereocenters. The zero-order valence-electron chi connectivity index (χ0n) is 14.1. The highest BCUT2D eigenvalue weighted by atomic mass is 19.1. The van der Waals surface area contributed by atoms with Gasteiger partial charge in [-0.3, -0.25) is 14.5 Å². The first-order valence-corrected chi connectivity index (χ1v) is 8.30. The van der Waals surface area contributed by atoms with Crippen molar-refractivity contribution in [2.75, 3.05) is 16.8 Å². The van der Waals surface area contributed by atoms with Gasteiger partial charge in [0.2, 0.25) is 5.91 Å². The number of carbonyl (C=O) groups is 2. The van der Waals surface area contributed by atoms with E-state index in [9.17, 15) is 14.0 Å². The van der Waals surface area contributed by atoms with Crippen molar-refractivity contribution in [2.45, 2.75) is 13.3 Å². The number of anilines is 2. The number of carbonyl (C=O) groups excluding carboxylic acids is 2. The summed E-state index contributed by atoms with van der Waals surface area (Å²) >= 11 is 0. The molecule has 1 aliphatic rings. The maximum atomic E-state index is 13.5. The van der Waals surface area contributed by atoms with Gasteiger partial charge in [-0.05, 0) is 54.4 Å². The summed E-state index contributed by atoms with van der Waals surface area (Å²) in [5.74, 6) is -0.101. The van der Waals surface area contributed by atoms with E-state index in [4.69, 9.17) is 0 Å². The van der Waals surface area contributed by atoms with E-state index in [2.05, 4.69) is 10.3 Å². The molecule has 0 spiro atoms. The van der Waals surface area contributed by atoms with Crippen molar-refractivity contribution in [3.63, 3.8) is 0 Å². The van der Waals surface area contributed by atoms with E-state index < -0.39 is 0 Å². The number of benzene rings is 2. The molecule has 0 aliphatic carbocycles. The van der Waals surface area contributed by atoms with Crippen LogP contribution >= 0.6 is 0 Å². The largest absolute Gasteiger partial charge is 0.326 e. The standard InChI is InChI=1S/C20H16FN3O2/c1-12(25)22-17-6-3-13(4-7-17)20(26)24-9-8-15-10-14-2-5-16(21)11-18(14)23-19(15)24/h2-7,10-11H,8-9H2,1H3,(H,22,25). The van der Waals surface area contributed by atoms with Gasteiger partial charge in [-0.15, -0.1) is 0 Å². The Bertz CT molecular complexity index is 1030. The normalized spacial score (nSPS) is 12.9. The summed E-state index contributed by atoms with van der Waals surface area (Å²) in [4.78, 5) is 30.1. The van der Waals surface area contributed by atoms with Gasteiger partial charge in [-0.25, -0.2) is 9.37 Å². The molecule has 2 heterocycles. The average molecular weight is 349 g/mol. The molecule has 26 heavy (non-hydrogen) atoms. The van der Waals surface area contributed by atoms with Crippen molar-refractivity contribution in [3.05, 3.63) is 65.5 Å². The van der Waals surface area contributed by atoms with Crippen LogP contribution in [0.5, 0.6) is 0 Å². The number of hydrogen-bond donors (Lipinski definition) is 1. The Morgan fingerprint density at radius 3 is 2.62 bits per heavy atom. The van der Waals surface area contributed by atoms with Gasteiger partial charge < -0.3 is 5.32 Å². The first-order chi connectivity index (χ1) is 12.5. The van der Waals surface area contributed by atoms with Crippen molar-refractivity contribution in [2.24, 2.45) is 0 Å². The Kier molecular flexibility index (Phi) is 3.88. The minimum Gasteiger partial charge on any atom is -0.326 e. The van der Waals surface area contributed by atoms with Gasteiger partial charge in [0.05, 0.1) is 5.52 Å². The van der Waals surface area contributed by atoms with Gasteiger partial charge in [-0.1, -0.05) is 0 Å². The lowest BCUT2D eigenvalue weighted by Gasteiger charge is -2.17. The zero-order chi connectivity index (χ0) is 18.3. The Balaban J connectivity index is 1.65. The summed E-state index contributed by atoms with van der Waals surface area (Å²) in [6.07, 6.45) is 0.714. The molecule has 1 N–H and O–H groups in total. The second-order valence-electron chi connectivity index (χ2n) is 6.27. The van der Waals surface area contributed by atoms with Gasteiger partial charge in [0.1, 0.15) is 11.6 Å². The van der Waals surface area contributed by atoms with Gasteiger partial charge in [0, 0.05) is 36.2 Å². The first kappa shape index (κ1) is 16.2. The molecule has 0 fully saturated rings. The maximum absolute atomic E-state index is 13.5. The van der Waals surface area contributed by atoms with E-state index in [1.165, 1.54) is 19.1 Å². The van der Waals surface area contributed by atoms with Crippen LogP contribution < -0.4 is 10.2 Å². The topological polar surface area (TPSA) is 62.3 Å². The number of hydrogen-bond acceptors (Lipinski definition) is 3. The highest BCUT2D eigenvalue weighted by molar-refractivity contribution is 6.07. The number of amides is 2. The molecule has 3 aromatic rings. The lowest BCUT2D eigenvalue weighted by molar-refractivity contribution is -0.114. The van der Waals surface area contributed by atoms with E-state index in [0.29, 0.717) is 35.6 Å². The fraction of sp³-hybridized carbons (Fsp3) is 0.150. The Morgan fingerprint density at radius 2 is 1.88 bits per heavy atom. The molecule has 6 heteroatoms. The number of nitrogens with zero attached hydrogens (tertiary/aromatic N) is 2. The van der Waals surface area contributed by atoms with Crippen LogP contribution in [0.4, 0.5) is 15.9 Å². The van der Waals surface area contributed by atoms with Crippen molar-refractivity contribution in [1.82, 2.24) is 4.98 Å². The maximum Gasteiger partial charge on any atom is 0.259 e. The smallest absolute Gasteiger partial charge is 0.259 e. The molecule has 1 aromatic heterocycles. The molecular weight excluding hydrogens is 333 g/mol. The lowest BCUT2D eigenvalue weighted by atomic mass is 10.1. The summed E-state index contributed by atoms with van der Waals surface area (Å²) in [6.45, 7) is 1.96. The number of rotatable bonds is 2. The molecule has 0 atom stereocenters. The van der Waals surface area contributed by atoms with Gasteiger partial charge in [-0.2, -0.15) is 0 Å². The average Bonchev–Trinajstić information content (AvgIpc) is 3.02. The first-order valence-electron chi connectivity index (χ1n) is 8.30. The Hall–Kier alpha value is -3.28. The zero-order valence-corrected chi connectivity index (χ0v) is 14.1. The lowest BCUT2D eigenvalue weighted by Crippen LogP contribution is -2.29. The summed E-state index contributed by atoms with van der Waals surface area (Å²) in [6, 6.07) is 13.2. The number of fused-ring (bicyclic) bond motifs is 2. The predicted molar refractivity (Wildman–Crippen MR) is 97.8 cm³/mol. The molecule has 2 aromatic carbocycles. The van der Waals surface area contributed by atoms with E-state index >= 15 is 0 Å². The second kappa shape index (κ2) is 6.22. The molecular formula is C20H16FN3O2. The molecule has 130 valence electrons. The highest BCUT2D eigenvalue weighted by Gasteiger charge is 2.27. The van der Waals surface area contributed by atoms with Gasteiger partial charge in [0.15, 0.2) is 0 Å². The van der Waals surface area contributed by atoms with E-state index in [1.807, 2.05) is 6.07 Å². The second-order valence-corrected chi connectivity index (χ2v) is 6.27. The van der Waals surface area contributed by atoms with Crippen molar-refractivity contribution < 1.29 is 14.0 Å². The monoisotopic (exact) mass is 349 g/mol. The third kappa shape index (κ3) is 2.90. The molecule has 5 nitrogen and oxygen atoms in total. The summed E-state index contributed by atoms with van der Waals surface area (Å²) < 4.78 is 13.5. The summed E-state index contributed by atoms with van der Waals surface area (Å²) in [5, 5.41) is 3.53. The van der Waals surface area contributed by atoms with Crippen LogP contribution in [-0.2, 0) is 11.2 Å². The molecule has 4 rings (SSSR count). The van der Waals surface area contributed by atoms with Gasteiger partial charge in [0.25, 0.3) is 5.91 Å². The van der Waals surface area contributed by atoms with Crippen LogP contribution in [0.25, 0.3) is 10.9 Å². The molecule has 0 saturated carbocycles. The number of nitrogens with one attached hydrogen (secondary N) is 1. The van der Waals surface area contributed by atoms with Crippen LogP contribution in [0.1, 0.15) is 22.8 Å². The van der Waals surface area contributed by atoms with Gasteiger partial charge >= 0.3 is 0 Å². The molecule has 0 saturated heterocycles. The SMILES string of the molecule is CC(=O)Nc1ccc(C(=O)N2CCc3cc4ccc(F)cc4nc32)cc1. The quantitative estimate of drug-likeness (QED) is 0.770. The number of aromatic nitrogens is 1. The number of pyridine rings is 1. The highest BCUT2D eigenvalue weighted by Crippen LogP contribution is 2.31. The molecule has 0 radical (unpaired) electrons. The summed E-state index contributed by atoms with van der Waals surface area (Å²) in [7, 11) is 0. The van der Waals surface area contributed by atoms with E-state index in [1.54, 1.807) is 35.2 Å². The van der Waals surface area contributed by atoms with Crippen molar-refractivity contribution >= 4 is 34.2 Å².